The normalized spacial score (nSPS) is 35.9. The third-order valence-electron chi connectivity index (χ3n) is 12.9. The fourth-order valence-corrected chi connectivity index (χ4v) is 19.3. The molecule has 0 heterocycles. The minimum absolute atomic E-state index is 0. The van der Waals surface area contributed by atoms with Gasteiger partial charge in [-0.05, 0) is 133 Å². The van der Waals surface area contributed by atoms with Crippen LogP contribution < -0.4 is 21.2 Å². The Morgan fingerprint density at radius 2 is 0.844 bits per heavy atom. The van der Waals surface area contributed by atoms with Gasteiger partial charge < -0.3 is 30.3 Å². The van der Waals surface area contributed by atoms with E-state index in [1.807, 2.05) is 35.6 Å². The van der Waals surface area contributed by atoms with Crippen molar-refractivity contribution in [2.24, 2.45) is 47.3 Å². The zero-order chi connectivity index (χ0) is 29.0. The molecule has 0 nitrogen and oxygen atoms in total. The first-order valence-electron chi connectivity index (χ1n) is 17.9. The SMILES string of the molecule is [Fe].[cH-]1[cH-][cH-][cH-][cH-]1.c1ccc(P(c2ccccc2)[c-]2cccc2P(C2C3CC4CC(C3)CC2C4)C2C3CC4CC(C3)CC2C4)cc1. The summed E-state index contributed by atoms with van der Waals surface area (Å²) in [6.07, 6.45) is 15.8. The van der Waals surface area contributed by atoms with E-state index >= 15 is 0 Å². The van der Waals surface area contributed by atoms with Crippen LogP contribution in [-0.4, -0.2) is 11.3 Å². The Balaban J connectivity index is 0.000000460. The van der Waals surface area contributed by atoms with Crippen molar-refractivity contribution in [3.05, 3.63) is 109 Å². The molecule has 8 saturated carbocycles. The first-order chi connectivity index (χ1) is 21.8. The molecule has 4 aromatic rings. The van der Waals surface area contributed by atoms with Gasteiger partial charge in [0, 0.05) is 17.1 Å². The van der Waals surface area contributed by atoms with E-state index < -0.39 is 7.92 Å². The summed E-state index contributed by atoms with van der Waals surface area (Å²) >= 11 is 0. The Labute approximate surface area is 284 Å². The van der Waals surface area contributed by atoms with Crippen LogP contribution in [0.3, 0.4) is 0 Å². The van der Waals surface area contributed by atoms with Crippen LogP contribution in [0.4, 0.5) is 0 Å². The predicted molar refractivity (Wildman–Crippen MR) is 191 cm³/mol. The van der Waals surface area contributed by atoms with Gasteiger partial charge in [-0.2, -0.15) is 6.07 Å². The van der Waals surface area contributed by atoms with Gasteiger partial charge in [0.25, 0.3) is 0 Å². The van der Waals surface area contributed by atoms with Crippen LogP contribution in [0.25, 0.3) is 0 Å². The maximum absolute atomic E-state index is 2.68. The van der Waals surface area contributed by atoms with Crippen molar-refractivity contribution in [3.8, 4) is 0 Å². The van der Waals surface area contributed by atoms with Crippen molar-refractivity contribution >= 4 is 37.1 Å². The van der Waals surface area contributed by atoms with E-state index in [2.05, 4.69) is 78.9 Å². The molecule has 0 aliphatic heterocycles. The van der Waals surface area contributed by atoms with Gasteiger partial charge in [0.15, 0.2) is 0 Å². The molecule has 240 valence electrons. The van der Waals surface area contributed by atoms with Crippen molar-refractivity contribution in [3.63, 3.8) is 0 Å². The van der Waals surface area contributed by atoms with Crippen LogP contribution in [0.2, 0.25) is 0 Å². The zero-order valence-corrected chi connectivity index (χ0v) is 29.4. The Kier molecular flexibility index (Phi) is 9.04. The van der Waals surface area contributed by atoms with Crippen molar-refractivity contribution in [2.75, 3.05) is 0 Å². The molecule has 8 aliphatic rings. The molecule has 0 spiro atoms. The van der Waals surface area contributed by atoms with Gasteiger partial charge in [0.2, 0.25) is 0 Å². The molecule has 0 unspecified atom stereocenters. The van der Waals surface area contributed by atoms with Gasteiger partial charge in [-0.25, -0.2) is 12.1 Å². The second kappa shape index (κ2) is 13.2. The molecule has 0 radical (unpaired) electrons. The van der Waals surface area contributed by atoms with Gasteiger partial charge in [-0.15, -0.1) is 10.6 Å². The van der Waals surface area contributed by atoms with Crippen LogP contribution in [0.15, 0.2) is 109 Å². The third-order valence-corrected chi connectivity index (χ3v) is 19.5. The van der Waals surface area contributed by atoms with Crippen LogP contribution in [0.1, 0.15) is 64.2 Å². The first-order valence-corrected chi connectivity index (χ1v) is 20.7. The summed E-state index contributed by atoms with van der Waals surface area (Å²) in [7, 11) is -0.654. The predicted octanol–water partition coefficient (Wildman–Crippen LogP) is 9.32. The van der Waals surface area contributed by atoms with Crippen molar-refractivity contribution in [1.82, 2.24) is 0 Å². The van der Waals surface area contributed by atoms with Crippen molar-refractivity contribution < 1.29 is 17.1 Å². The molecule has 8 bridgehead atoms. The third kappa shape index (κ3) is 5.82. The molecule has 0 saturated heterocycles. The largest absolute Gasteiger partial charge is 0.748 e. The Hall–Kier alpha value is -1.48. The summed E-state index contributed by atoms with van der Waals surface area (Å²) in [5.41, 5.74) is 2.03. The molecule has 8 aliphatic carbocycles. The van der Waals surface area contributed by atoms with E-state index in [0.717, 1.165) is 58.7 Å². The van der Waals surface area contributed by atoms with E-state index in [1.165, 1.54) is 10.6 Å². The number of hydrogen-bond donors (Lipinski definition) is 0. The Morgan fingerprint density at radius 3 is 1.22 bits per heavy atom. The smallest absolute Gasteiger partial charge is 0 e. The zero-order valence-electron chi connectivity index (χ0n) is 26.5. The summed E-state index contributed by atoms with van der Waals surface area (Å²) < 4.78 is 0. The van der Waals surface area contributed by atoms with Gasteiger partial charge in [-0.3, -0.25) is 0 Å². The first kappa shape index (κ1) is 30.8. The van der Waals surface area contributed by atoms with Gasteiger partial charge >= 0.3 is 0 Å². The summed E-state index contributed by atoms with van der Waals surface area (Å²) in [4.78, 5) is 0. The van der Waals surface area contributed by atoms with Crippen molar-refractivity contribution in [2.45, 2.75) is 75.5 Å². The fourth-order valence-electron chi connectivity index (χ4n) is 11.9. The molecule has 8 fully saturated rings. The number of rotatable bonds is 6. The molecule has 0 aromatic heterocycles. The van der Waals surface area contributed by atoms with Crippen molar-refractivity contribution in [1.29, 1.82) is 0 Å². The standard InChI is InChI=1S/C37H43P2.C5H5.Fe/c1-3-8-32(9-4-1)38(33-10-5-2-6-11-33)34-12-7-13-35(34)39(36-28-16-24-14-25(18-28)19-29(36)17-24)37-30-20-26-15-27(22-30)23-31(37)21-26;1-2-4-5-3-1;/h1-13,24-31,36-37H,14-23H2;1-5H;/q-1;-5;. The average molecular weight is 671 g/mol. The summed E-state index contributed by atoms with van der Waals surface area (Å²) in [6, 6.07) is 40.9. The van der Waals surface area contributed by atoms with Gasteiger partial charge in [0.05, 0.1) is 0 Å². The summed E-state index contributed by atoms with van der Waals surface area (Å²) in [6.45, 7) is 0. The van der Waals surface area contributed by atoms with E-state index in [0.29, 0.717) is 0 Å². The maximum atomic E-state index is 2.68. The molecule has 12 rings (SSSR count). The van der Waals surface area contributed by atoms with E-state index in [-0.39, 0.29) is 25.0 Å². The molecule has 3 heteroatoms. The molecule has 0 atom stereocenters. The van der Waals surface area contributed by atoms with Crippen LogP contribution in [0, 0.1) is 47.3 Å². The molecular weight excluding hydrogens is 622 g/mol. The quantitative estimate of drug-likeness (QED) is 0.109. The fraction of sp³-hybridized carbons (Fsp3) is 0.476. The van der Waals surface area contributed by atoms with Crippen LogP contribution in [0.5, 0.6) is 0 Å². The maximum Gasteiger partial charge on any atom is 0 e. The summed E-state index contributed by atoms with van der Waals surface area (Å²) in [5, 5.41) is 6.68. The number of benzene rings is 2. The summed E-state index contributed by atoms with van der Waals surface area (Å²) in [5.74, 6) is 8.43. The van der Waals surface area contributed by atoms with E-state index in [9.17, 15) is 0 Å². The minimum Gasteiger partial charge on any atom is -0.748 e. The second-order valence-electron chi connectivity index (χ2n) is 15.5. The van der Waals surface area contributed by atoms with E-state index in [4.69, 9.17) is 0 Å². The molecular formula is C42H48FeP2-6. The molecule has 0 amide bonds. The van der Waals surface area contributed by atoms with Crippen LogP contribution >= 0.6 is 15.8 Å². The topological polar surface area (TPSA) is 0 Å². The average Bonchev–Trinajstić information content (AvgIpc) is 3.77. The Morgan fingerprint density at radius 1 is 0.467 bits per heavy atom. The van der Waals surface area contributed by atoms with Gasteiger partial charge in [0.1, 0.15) is 0 Å². The molecule has 45 heavy (non-hydrogen) atoms. The monoisotopic (exact) mass is 670 g/mol. The van der Waals surface area contributed by atoms with E-state index in [1.54, 1.807) is 69.5 Å². The van der Waals surface area contributed by atoms with Gasteiger partial charge in [-0.1, -0.05) is 76.5 Å². The van der Waals surface area contributed by atoms with Crippen LogP contribution in [-0.2, 0) is 17.1 Å². The minimum atomic E-state index is -0.518. The number of hydrogen-bond acceptors (Lipinski definition) is 0. The second-order valence-corrected chi connectivity index (χ2v) is 20.2. The Bertz CT molecular complexity index is 1350. The molecule has 0 N–H and O–H groups in total. The molecule has 4 aromatic carbocycles.